The van der Waals surface area contributed by atoms with Crippen molar-refractivity contribution in [2.45, 2.75) is 20.3 Å². The highest BCUT2D eigenvalue weighted by Gasteiger charge is 2.20. The van der Waals surface area contributed by atoms with Crippen LogP contribution < -0.4 is 0 Å². The van der Waals surface area contributed by atoms with Crippen molar-refractivity contribution in [1.29, 1.82) is 5.26 Å². The van der Waals surface area contributed by atoms with E-state index in [9.17, 15) is 4.79 Å². The molecule has 0 heterocycles. The molecule has 0 aliphatic rings. The van der Waals surface area contributed by atoms with Crippen molar-refractivity contribution in [2.75, 3.05) is 19.7 Å². The van der Waals surface area contributed by atoms with Crippen LogP contribution in [-0.4, -0.2) is 35.6 Å². The zero-order valence-corrected chi connectivity index (χ0v) is 8.16. The van der Waals surface area contributed by atoms with Gasteiger partial charge in [-0.25, -0.2) is 0 Å². The summed E-state index contributed by atoms with van der Waals surface area (Å²) in [6, 6.07) is 1.95. The summed E-state index contributed by atoms with van der Waals surface area (Å²) in [4.78, 5) is 13.0. The number of carbonyl (C=O) groups excluding carboxylic acids is 1. The van der Waals surface area contributed by atoms with Gasteiger partial charge in [0.05, 0.1) is 12.7 Å². The molecule has 4 heteroatoms. The highest BCUT2D eigenvalue weighted by molar-refractivity contribution is 5.81. The summed E-state index contributed by atoms with van der Waals surface area (Å²) < 4.78 is 0. The molecule has 0 bridgehead atoms. The lowest BCUT2D eigenvalue weighted by molar-refractivity contribution is -0.134. The number of nitrogens with zero attached hydrogens (tertiary/aromatic N) is 2. The Morgan fingerprint density at radius 3 is 2.54 bits per heavy atom. The van der Waals surface area contributed by atoms with Crippen molar-refractivity contribution in [3.05, 3.63) is 0 Å². The molecule has 1 amide bonds. The third-order valence-electron chi connectivity index (χ3n) is 1.93. The summed E-state index contributed by atoms with van der Waals surface area (Å²) >= 11 is 0. The van der Waals surface area contributed by atoms with E-state index in [0.717, 1.165) is 0 Å². The number of hydrogen-bond donors (Lipinski definition) is 1. The van der Waals surface area contributed by atoms with Crippen LogP contribution >= 0.6 is 0 Å². The van der Waals surface area contributed by atoms with Crippen LogP contribution in [0.2, 0.25) is 0 Å². The minimum absolute atomic E-state index is 0.0541. The Hall–Kier alpha value is -1.08. The van der Waals surface area contributed by atoms with Gasteiger partial charge in [0.25, 0.3) is 0 Å². The monoisotopic (exact) mass is 184 g/mol. The van der Waals surface area contributed by atoms with Crippen LogP contribution in [0.1, 0.15) is 20.3 Å². The second kappa shape index (κ2) is 6.44. The summed E-state index contributed by atoms with van der Waals surface area (Å²) in [5.74, 6) is -0.743. The first kappa shape index (κ1) is 11.9. The van der Waals surface area contributed by atoms with Gasteiger partial charge in [0.2, 0.25) is 5.91 Å². The number of aliphatic hydroxyl groups excluding tert-OH is 1. The molecule has 0 fully saturated rings. The zero-order valence-electron chi connectivity index (χ0n) is 8.16. The van der Waals surface area contributed by atoms with Gasteiger partial charge >= 0.3 is 0 Å². The number of likely N-dealkylation sites (N-methyl/N-ethyl adjacent to an activating group) is 1. The molecule has 0 radical (unpaired) electrons. The minimum atomic E-state index is -0.563. The normalized spacial score (nSPS) is 11.8. The van der Waals surface area contributed by atoms with Gasteiger partial charge in [-0.1, -0.05) is 6.92 Å². The van der Waals surface area contributed by atoms with E-state index in [1.54, 1.807) is 6.92 Å². The highest BCUT2D eigenvalue weighted by Crippen LogP contribution is 2.05. The van der Waals surface area contributed by atoms with Gasteiger partial charge in [0, 0.05) is 13.1 Å². The third kappa shape index (κ3) is 3.43. The fourth-order valence-electron chi connectivity index (χ4n) is 1.09. The Bertz CT molecular complexity index is 198. The first-order chi connectivity index (χ1) is 6.21. The molecule has 0 aromatic carbocycles. The van der Waals surface area contributed by atoms with Crippen LogP contribution in [0.4, 0.5) is 0 Å². The van der Waals surface area contributed by atoms with E-state index in [0.29, 0.717) is 19.5 Å². The Labute approximate surface area is 78.8 Å². The molecule has 74 valence electrons. The lowest BCUT2D eigenvalue weighted by Gasteiger charge is -2.21. The molecule has 0 aliphatic heterocycles. The number of amides is 1. The van der Waals surface area contributed by atoms with Crippen LogP contribution in [0.5, 0.6) is 0 Å². The van der Waals surface area contributed by atoms with E-state index >= 15 is 0 Å². The Balaban J connectivity index is 4.27. The lowest BCUT2D eigenvalue weighted by Crippen LogP contribution is -2.37. The summed E-state index contributed by atoms with van der Waals surface area (Å²) in [6.45, 7) is 4.43. The molecule has 0 spiro atoms. The maximum absolute atomic E-state index is 11.5. The molecule has 0 saturated carbocycles. The van der Waals surface area contributed by atoms with Crippen LogP contribution in [0.15, 0.2) is 0 Å². The van der Waals surface area contributed by atoms with Crippen LogP contribution in [-0.2, 0) is 4.79 Å². The van der Waals surface area contributed by atoms with Crippen LogP contribution in [0.25, 0.3) is 0 Å². The van der Waals surface area contributed by atoms with Crippen molar-refractivity contribution in [2.24, 2.45) is 5.92 Å². The molecule has 4 nitrogen and oxygen atoms in total. The molecule has 1 N–H and O–H groups in total. The Morgan fingerprint density at radius 2 is 2.23 bits per heavy atom. The second-order valence-electron chi connectivity index (χ2n) is 2.73. The molecule has 0 aromatic heterocycles. The van der Waals surface area contributed by atoms with E-state index in [-0.39, 0.29) is 12.5 Å². The molecule has 1 unspecified atom stereocenters. The molecule has 0 aromatic rings. The predicted octanol–water partition coefficient (Wildman–Crippen LogP) is 0.377. The molecular formula is C9H16N2O2. The number of hydrogen-bond acceptors (Lipinski definition) is 3. The number of carbonyl (C=O) groups is 1. The average Bonchev–Trinajstić information content (AvgIpc) is 2.15. The van der Waals surface area contributed by atoms with E-state index in [4.69, 9.17) is 10.4 Å². The van der Waals surface area contributed by atoms with Gasteiger partial charge in [-0.2, -0.15) is 5.26 Å². The standard InChI is InChI=1S/C9H16N2O2/c1-3-8(7-10)9(13)11(4-2)5-6-12/h8,12H,3-6H2,1-2H3. The Morgan fingerprint density at radius 1 is 1.62 bits per heavy atom. The summed E-state index contributed by atoms with van der Waals surface area (Å²) in [7, 11) is 0. The summed E-state index contributed by atoms with van der Waals surface area (Å²) in [5, 5.41) is 17.3. The molecule has 0 rings (SSSR count). The maximum Gasteiger partial charge on any atom is 0.239 e. The van der Waals surface area contributed by atoms with Crippen LogP contribution in [0, 0.1) is 17.2 Å². The van der Waals surface area contributed by atoms with Gasteiger partial charge < -0.3 is 10.0 Å². The smallest absolute Gasteiger partial charge is 0.239 e. The molecular weight excluding hydrogens is 168 g/mol. The van der Waals surface area contributed by atoms with Gasteiger partial charge in [0.15, 0.2) is 0 Å². The highest BCUT2D eigenvalue weighted by atomic mass is 16.3. The van der Waals surface area contributed by atoms with Crippen molar-refractivity contribution in [3.63, 3.8) is 0 Å². The summed E-state index contributed by atoms with van der Waals surface area (Å²) in [6.07, 6.45) is 0.525. The van der Waals surface area contributed by atoms with Gasteiger partial charge in [0.1, 0.15) is 5.92 Å². The first-order valence-corrected chi connectivity index (χ1v) is 4.50. The largest absolute Gasteiger partial charge is 0.395 e. The van der Waals surface area contributed by atoms with E-state index in [1.807, 2.05) is 13.0 Å². The maximum atomic E-state index is 11.5. The average molecular weight is 184 g/mol. The van der Waals surface area contributed by atoms with Crippen molar-refractivity contribution in [1.82, 2.24) is 4.90 Å². The number of aliphatic hydroxyl groups is 1. The van der Waals surface area contributed by atoms with Gasteiger partial charge in [-0.05, 0) is 13.3 Å². The zero-order chi connectivity index (χ0) is 10.3. The quantitative estimate of drug-likeness (QED) is 0.671. The SMILES string of the molecule is CCC(C#N)C(=O)N(CC)CCO. The number of nitriles is 1. The van der Waals surface area contributed by atoms with Crippen LogP contribution in [0.3, 0.4) is 0 Å². The number of rotatable bonds is 5. The minimum Gasteiger partial charge on any atom is -0.395 e. The van der Waals surface area contributed by atoms with Crippen molar-refractivity contribution in [3.8, 4) is 6.07 Å². The second-order valence-corrected chi connectivity index (χ2v) is 2.73. The van der Waals surface area contributed by atoms with Crippen molar-refractivity contribution >= 4 is 5.91 Å². The predicted molar refractivity (Wildman–Crippen MR) is 48.7 cm³/mol. The van der Waals surface area contributed by atoms with Gasteiger partial charge in [-0.3, -0.25) is 4.79 Å². The first-order valence-electron chi connectivity index (χ1n) is 4.50. The molecule has 0 saturated heterocycles. The lowest BCUT2D eigenvalue weighted by atomic mass is 10.1. The van der Waals surface area contributed by atoms with E-state index in [2.05, 4.69) is 0 Å². The van der Waals surface area contributed by atoms with E-state index < -0.39 is 5.92 Å². The third-order valence-corrected chi connectivity index (χ3v) is 1.93. The fraction of sp³-hybridized carbons (Fsp3) is 0.778. The van der Waals surface area contributed by atoms with Gasteiger partial charge in [-0.15, -0.1) is 0 Å². The topological polar surface area (TPSA) is 64.3 Å². The fourth-order valence-corrected chi connectivity index (χ4v) is 1.09. The molecule has 0 aliphatic carbocycles. The van der Waals surface area contributed by atoms with E-state index in [1.165, 1.54) is 4.90 Å². The Kier molecular flexibility index (Phi) is 5.90. The summed E-state index contributed by atoms with van der Waals surface area (Å²) in [5.41, 5.74) is 0. The molecule has 1 atom stereocenters. The molecule has 13 heavy (non-hydrogen) atoms. The van der Waals surface area contributed by atoms with Crippen molar-refractivity contribution < 1.29 is 9.90 Å².